The molecule has 0 aliphatic rings. The van der Waals surface area contributed by atoms with Gasteiger partial charge in [0.15, 0.2) is 0 Å². The third-order valence-electron chi connectivity index (χ3n) is 8.65. The van der Waals surface area contributed by atoms with Crippen molar-refractivity contribution in [1.82, 2.24) is 5.32 Å². The van der Waals surface area contributed by atoms with Crippen LogP contribution in [0.2, 0.25) is 0 Å². The standard InChI is InChI=1S/C39H73NO6S/c1-3-5-7-9-11-13-15-16-17-18-19-20-21-22-24-25-27-29-31-33-37(41)36(35-47(44,45)46)40-39(43)38(42)34-32-30-28-26-23-14-12-10-8-6-4-2/h12,14,24-25,31,33,36-38,41-42H,3-11,13,15-23,26-30,32,34-35H2,1-2H3,(H,40,43)(H,44,45,46)/b14-12-,25-24+,33-31+. The van der Waals surface area contributed by atoms with Crippen molar-refractivity contribution in [3.63, 3.8) is 0 Å². The van der Waals surface area contributed by atoms with Gasteiger partial charge in [-0.1, -0.05) is 159 Å². The molecule has 0 aromatic rings. The van der Waals surface area contributed by atoms with Gasteiger partial charge < -0.3 is 15.5 Å². The molecule has 47 heavy (non-hydrogen) atoms. The van der Waals surface area contributed by atoms with Crippen LogP contribution in [0.4, 0.5) is 0 Å². The molecule has 0 heterocycles. The molecule has 0 spiro atoms. The first kappa shape index (κ1) is 45.5. The van der Waals surface area contributed by atoms with Crippen molar-refractivity contribution in [3.05, 3.63) is 36.5 Å². The van der Waals surface area contributed by atoms with Gasteiger partial charge in [0.25, 0.3) is 10.1 Å². The number of hydrogen-bond donors (Lipinski definition) is 4. The summed E-state index contributed by atoms with van der Waals surface area (Å²) in [5.41, 5.74) is 0. The van der Waals surface area contributed by atoms with Crippen LogP contribution in [-0.4, -0.2) is 53.1 Å². The first-order valence-corrected chi connectivity index (χ1v) is 20.9. The zero-order valence-electron chi connectivity index (χ0n) is 30.3. The van der Waals surface area contributed by atoms with E-state index in [9.17, 15) is 28.0 Å². The number of aliphatic hydroxyl groups excluding tert-OH is 2. The van der Waals surface area contributed by atoms with Crippen molar-refractivity contribution < 1.29 is 28.0 Å². The van der Waals surface area contributed by atoms with E-state index in [0.29, 0.717) is 12.8 Å². The summed E-state index contributed by atoms with van der Waals surface area (Å²) in [6.07, 6.45) is 39.2. The molecule has 0 rings (SSSR count). The second-order valence-electron chi connectivity index (χ2n) is 13.3. The number of unbranched alkanes of at least 4 members (excludes halogenated alkanes) is 21. The minimum Gasteiger partial charge on any atom is -0.387 e. The number of allylic oxidation sites excluding steroid dienone is 5. The Morgan fingerprint density at radius 2 is 0.957 bits per heavy atom. The quantitative estimate of drug-likeness (QED) is 0.0304. The fourth-order valence-electron chi connectivity index (χ4n) is 5.64. The maximum atomic E-state index is 12.5. The Labute approximate surface area is 289 Å². The molecule has 3 atom stereocenters. The minimum absolute atomic E-state index is 0.259. The molecule has 3 unspecified atom stereocenters. The van der Waals surface area contributed by atoms with Crippen molar-refractivity contribution in [3.8, 4) is 0 Å². The van der Waals surface area contributed by atoms with Crippen LogP contribution in [0.1, 0.15) is 181 Å². The van der Waals surface area contributed by atoms with E-state index in [-0.39, 0.29) is 6.42 Å². The summed E-state index contributed by atoms with van der Waals surface area (Å²) in [7, 11) is -4.45. The zero-order chi connectivity index (χ0) is 34.9. The van der Waals surface area contributed by atoms with Gasteiger partial charge in [-0.2, -0.15) is 8.42 Å². The van der Waals surface area contributed by atoms with Crippen molar-refractivity contribution >= 4 is 16.0 Å². The summed E-state index contributed by atoms with van der Waals surface area (Å²) in [6, 6.07) is -1.25. The average molecular weight is 684 g/mol. The van der Waals surface area contributed by atoms with Crippen LogP contribution in [0.25, 0.3) is 0 Å². The lowest BCUT2D eigenvalue weighted by Crippen LogP contribution is -2.50. The normalized spacial score (nSPS) is 14.4. The molecule has 0 aliphatic carbocycles. The van der Waals surface area contributed by atoms with Gasteiger partial charge in [0.1, 0.15) is 6.10 Å². The van der Waals surface area contributed by atoms with Crippen LogP contribution < -0.4 is 5.32 Å². The van der Waals surface area contributed by atoms with E-state index < -0.39 is 40.0 Å². The molecule has 0 bridgehead atoms. The summed E-state index contributed by atoms with van der Waals surface area (Å²) in [5, 5.41) is 23.3. The highest BCUT2D eigenvalue weighted by Crippen LogP contribution is 2.14. The molecule has 0 aromatic heterocycles. The first-order valence-electron chi connectivity index (χ1n) is 19.3. The van der Waals surface area contributed by atoms with E-state index >= 15 is 0 Å². The lowest BCUT2D eigenvalue weighted by molar-refractivity contribution is -0.130. The number of rotatable bonds is 34. The second kappa shape index (κ2) is 33.0. The highest BCUT2D eigenvalue weighted by Gasteiger charge is 2.27. The third-order valence-corrected chi connectivity index (χ3v) is 9.43. The van der Waals surface area contributed by atoms with Gasteiger partial charge in [-0.05, 0) is 57.8 Å². The second-order valence-corrected chi connectivity index (χ2v) is 14.8. The van der Waals surface area contributed by atoms with Gasteiger partial charge >= 0.3 is 0 Å². The lowest BCUT2D eigenvalue weighted by atomic mass is 10.0. The first-order chi connectivity index (χ1) is 22.7. The molecular weight excluding hydrogens is 610 g/mol. The van der Waals surface area contributed by atoms with Crippen LogP contribution in [0, 0.1) is 0 Å². The summed E-state index contributed by atoms with van der Waals surface area (Å²) in [6.45, 7) is 4.46. The van der Waals surface area contributed by atoms with E-state index in [1.54, 1.807) is 6.08 Å². The van der Waals surface area contributed by atoms with Gasteiger partial charge in [-0.25, -0.2) is 0 Å². The largest absolute Gasteiger partial charge is 0.387 e. The third kappa shape index (κ3) is 32.8. The molecule has 0 aromatic carbocycles. The Kier molecular flexibility index (Phi) is 32.0. The molecule has 0 saturated carbocycles. The lowest BCUT2D eigenvalue weighted by Gasteiger charge is -2.22. The predicted molar refractivity (Wildman–Crippen MR) is 199 cm³/mol. The molecule has 7 nitrogen and oxygen atoms in total. The van der Waals surface area contributed by atoms with Gasteiger partial charge in [0, 0.05) is 0 Å². The monoisotopic (exact) mass is 684 g/mol. The predicted octanol–water partition coefficient (Wildman–Crippen LogP) is 9.93. The van der Waals surface area contributed by atoms with Gasteiger partial charge in [-0.15, -0.1) is 0 Å². The Morgan fingerprint density at radius 3 is 1.45 bits per heavy atom. The molecule has 0 radical (unpaired) electrons. The Bertz CT molecular complexity index is 901. The van der Waals surface area contributed by atoms with Gasteiger partial charge in [0.2, 0.25) is 5.91 Å². The number of amides is 1. The Balaban J connectivity index is 4.13. The smallest absolute Gasteiger partial charge is 0.267 e. The highest BCUT2D eigenvalue weighted by atomic mass is 32.2. The maximum absolute atomic E-state index is 12.5. The van der Waals surface area contributed by atoms with Crippen LogP contribution in [0.15, 0.2) is 36.5 Å². The van der Waals surface area contributed by atoms with Crippen molar-refractivity contribution in [2.75, 3.05) is 5.75 Å². The van der Waals surface area contributed by atoms with E-state index in [4.69, 9.17) is 0 Å². The minimum atomic E-state index is -4.45. The number of carbonyl (C=O) groups excluding carboxylic acids is 1. The molecule has 0 saturated heterocycles. The summed E-state index contributed by atoms with van der Waals surface area (Å²) < 4.78 is 32.4. The molecule has 276 valence electrons. The summed E-state index contributed by atoms with van der Waals surface area (Å²) >= 11 is 0. The number of carbonyl (C=O) groups is 1. The van der Waals surface area contributed by atoms with E-state index in [0.717, 1.165) is 44.9 Å². The number of hydrogen-bond acceptors (Lipinski definition) is 5. The molecule has 4 N–H and O–H groups in total. The van der Waals surface area contributed by atoms with E-state index in [1.165, 1.54) is 109 Å². The fourth-order valence-corrected chi connectivity index (χ4v) is 6.38. The Hall–Kier alpha value is -1.48. The molecule has 8 heteroatoms. The highest BCUT2D eigenvalue weighted by molar-refractivity contribution is 7.85. The van der Waals surface area contributed by atoms with Crippen LogP contribution in [0.3, 0.4) is 0 Å². The zero-order valence-corrected chi connectivity index (χ0v) is 31.1. The summed E-state index contributed by atoms with van der Waals surface area (Å²) in [5.74, 6) is -1.57. The van der Waals surface area contributed by atoms with Crippen LogP contribution in [0.5, 0.6) is 0 Å². The fraction of sp³-hybridized carbons (Fsp3) is 0.821. The van der Waals surface area contributed by atoms with Crippen molar-refractivity contribution in [1.29, 1.82) is 0 Å². The molecule has 0 aliphatic heterocycles. The van der Waals surface area contributed by atoms with Crippen LogP contribution >= 0.6 is 0 Å². The molecule has 1 amide bonds. The average Bonchev–Trinajstić information content (AvgIpc) is 3.03. The van der Waals surface area contributed by atoms with Crippen LogP contribution in [-0.2, 0) is 14.9 Å². The Morgan fingerprint density at radius 1 is 0.574 bits per heavy atom. The summed E-state index contributed by atoms with van der Waals surface area (Å²) in [4.78, 5) is 12.5. The van der Waals surface area contributed by atoms with E-state index in [2.05, 4.69) is 43.5 Å². The van der Waals surface area contributed by atoms with Gasteiger partial charge in [0.05, 0.1) is 17.9 Å². The topological polar surface area (TPSA) is 124 Å². The molecule has 0 fully saturated rings. The van der Waals surface area contributed by atoms with E-state index in [1.807, 2.05) is 0 Å². The number of aliphatic hydroxyl groups is 2. The van der Waals surface area contributed by atoms with Crippen molar-refractivity contribution in [2.24, 2.45) is 0 Å². The molecular formula is C39H73NO6S. The maximum Gasteiger partial charge on any atom is 0.267 e. The number of nitrogens with one attached hydrogen (secondary N) is 1. The van der Waals surface area contributed by atoms with Crippen molar-refractivity contribution in [2.45, 2.75) is 199 Å². The van der Waals surface area contributed by atoms with Gasteiger partial charge in [-0.3, -0.25) is 9.35 Å². The SMILES string of the molecule is CCCCC/C=C\CCCCCCC(O)C(=O)NC(CS(=O)(=O)O)C(O)/C=C/CC/C=C/CCCCCCCCCCCCCCC.